The van der Waals surface area contributed by atoms with Gasteiger partial charge in [-0.3, -0.25) is 4.79 Å². The SMILES string of the molecule is Cc1nc2c(c(-c3ccc(Cl)cc3)c1CC(=O)O)[C@H](C)[C@](C)(OC(C)(C)C)N2C. The number of likely N-dealkylation sites (N-methyl/N-ethyl adjacent to an activating group) is 1. The maximum absolute atomic E-state index is 11.6. The summed E-state index contributed by atoms with van der Waals surface area (Å²) in [4.78, 5) is 18.5. The first-order valence-electron chi connectivity index (χ1n) is 9.80. The number of hydrogen-bond donors (Lipinski definition) is 1. The van der Waals surface area contributed by atoms with Gasteiger partial charge in [0.15, 0.2) is 0 Å². The van der Waals surface area contributed by atoms with Crippen LogP contribution in [0.15, 0.2) is 24.3 Å². The monoisotopic (exact) mass is 416 g/mol. The molecule has 0 unspecified atom stereocenters. The number of carbonyl (C=O) groups is 1. The van der Waals surface area contributed by atoms with Crippen LogP contribution in [0.2, 0.25) is 5.02 Å². The molecule has 1 aromatic carbocycles. The Morgan fingerprint density at radius 3 is 2.41 bits per heavy atom. The van der Waals surface area contributed by atoms with Gasteiger partial charge in [0.2, 0.25) is 0 Å². The van der Waals surface area contributed by atoms with Crippen molar-refractivity contribution in [1.82, 2.24) is 4.98 Å². The van der Waals surface area contributed by atoms with Crippen LogP contribution in [0.5, 0.6) is 0 Å². The lowest BCUT2D eigenvalue weighted by molar-refractivity contribution is -0.136. The van der Waals surface area contributed by atoms with Crippen molar-refractivity contribution < 1.29 is 14.6 Å². The number of rotatable bonds is 4. The van der Waals surface area contributed by atoms with Crippen molar-refractivity contribution in [3.63, 3.8) is 0 Å². The van der Waals surface area contributed by atoms with Gasteiger partial charge in [-0.15, -0.1) is 0 Å². The molecule has 1 aliphatic rings. The van der Waals surface area contributed by atoms with Gasteiger partial charge >= 0.3 is 5.97 Å². The van der Waals surface area contributed by atoms with Crippen LogP contribution in [0.25, 0.3) is 11.1 Å². The topological polar surface area (TPSA) is 62.7 Å². The fourth-order valence-corrected chi connectivity index (χ4v) is 4.39. The molecule has 6 heteroatoms. The summed E-state index contributed by atoms with van der Waals surface area (Å²) in [7, 11) is 1.99. The molecule has 0 fully saturated rings. The summed E-state index contributed by atoms with van der Waals surface area (Å²) in [5.41, 5.74) is 3.37. The predicted molar refractivity (Wildman–Crippen MR) is 117 cm³/mol. The third-order valence-corrected chi connectivity index (χ3v) is 5.97. The van der Waals surface area contributed by atoms with Crippen LogP contribution in [0.1, 0.15) is 57.4 Å². The van der Waals surface area contributed by atoms with Crippen molar-refractivity contribution >= 4 is 23.4 Å². The van der Waals surface area contributed by atoms with Crippen molar-refractivity contribution in [2.24, 2.45) is 0 Å². The minimum atomic E-state index is -0.877. The standard InChI is InChI=1S/C23H29ClN2O3/c1-13-19-20(15-8-10-16(24)11-9-15)17(12-18(27)28)14(2)25-21(19)26(7)23(13,6)29-22(3,4)5/h8-11,13H,12H2,1-7H3,(H,27,28)/t13-,23-/m0/s1. The number of aryl methyl sites for hydroxylation is 1. The summed E-state index contributed by atoms with van der Waals surface area (Å²) < 4.78 is 6.51. The number of hydrogen-bond acceptors (Lipinski definition) is 4. The average Bonchev–Trinajstić information content (AvgIpc) is 2.76. The van der Waals surface area contributed by atoms with E-state index in [2.05, 4.69) is 18.7 Å². The molecule has 156 valence electrons. The van der Waals surface area contributed by atoms with Crippen LogP contribution in [0.3, 0.4) is 0 Å². The number of benzene rings is 1. The Hall–Kier alpha value is -2.11. The zero-order chi connectivity index (χ0) is 21.7. The quantitative estimate of drug-likeness (QED) is 0.720. The van der Waals surface area contributed by atoms with E-state index in [4.69, 9.17) is 21.3 Å². The molecule has 29 heavy (non-hydrogen) atoms. The summed E-state index contributed by atoms with van der Waals surface area (Å²) in [5.74, 6) is -0.0633. The van der Waals surface area contributed by atoms with E-state index in [0.29, 0.717) is 5.02 Å². The number of carboxylic acid groups (broad SMARTS) is 1. The highest BCUT2D eigenvalue weighted by molar-refractivity contribution is 6.30. The maximum atomic E-state index is 11.6. The highest BCUT2D eigenvalue weighted by Gasteiger charge is 2.50. The van der Waals surface area contributed by atoms with Gasteiger partial charge in [-0.25, -0.2) is 4.98 Å². The Balaban J connectivity index is 2.30. The number of anilines is 1. The molecule has 0 radical (unpaired) electrons. The molecule has 2 atom stereocenters. The summed E-state index contributed by atoms with van der Waals surface area (Å²) in [6, 6.07) is 7.54. The minimum Gasteiger partial charge on any atom is -0.481 e. The Morgan fingerprint density at radius 2 is 1.90 bits per heavy atom. The molecular formula is C23H29ClN2O3. The number of aliphatic carboxylic acids is 1. The Bertz CT molecular complexity index is 950. The molecule has 0 amide bonds. The first-order chi connectivity index (χ1) is 13.3. The van der Waals surface area contributed by atoms with Crippen LogP contribution in [0.4, 0.5) is 5.82 Å². The van der Waals surface area contributed by atoms with Gasteiger partial charge in [0.1, 0.15) is 11.5 Å². The number of carboxylic acids is 1. The van der Waals surface area contributed by atoms with Crippen LogP contribution >= 0.6 is 11.6 Å². The lowest BCUT2D eigenvalue weighted by atomic mass is 9.85. The minimum absolute atomic E-state index is 0.0203. The fourth-order valence-electron chi connectivity index (χ4n) is 4.27. The van der Waals surface area contributed by atoms with Crippen molar-refractivity contribution in [3.8, 4) is 11.1 Å². The van der Waals surface area contributed by atoms with Crippen LogP contribution in [-0.2, 0) is 16.0 Å². The molecule has 1 N–H and O–H groups in total. The summed E-state index contributed by atoms with van der Waals surface area (Å²) >= 11 is 6.11. The fraction of sp³-hybridized carbons (Fsp3) is 0.478. The molecule has 0 aliphatic carbocycles. The first kappa shape index (κ1) is 21.6. The van der Waals surface area contributed by atoms with E-state index < -0.39 is 11.7 Å². The Labute approximate surface area is 177 Å². The van der Waals surface area contributed by atoms with E-state index >= 15 is 0 Å². The molecule has 2 aromatic rings. The smallest absolute Gasteiger partial charge is 0.307 e. The van der Waals surface area contributed by atoms with Gasteiger partial charge in [0.05, 0.1) is 12.0 Å². The van der Waals surface area contributed by atoms with Gasteiger partial charge in [-0.05, 0) is 63.4 Å². The van der Waals surface area contributed by atoms with E-state index in [1.807, 2.05) is 59.0 Å². The number of ether oxygens (including phenoxy) is 1. The summed E-state index contributed by atoms with van der Waals surface area (Å²) in [6.07, 6.45) is -0.0860. The van der Waals surface area contributed by atoms with Crippen LogP contribution in [-0.4, -0.2) is 34.4 Å². The number of pyridine rings is 1. The zero-order valence-corrected chi connectivity index (χ0v) is 18.9. The maximum Gasteiger partial charge on any atom is 0.307 e. The Kier molecular flexibility index (Phi) is 5.43. The number of fused-ring (bicyclic) bond motifs is 1. The third-order valence-electron chi connectivity index (χ3n) is 5.72. The van der Waals surface area contributed by atoms with Gasteiger partial charge in [0.25, 0.3) is 0 Å². The molecule has 0 spiro atoms. The average molecular weight is 417 g/mol. The highest BCUT2D eigenvalue weighted by atomic mass is 35.5. The van der Waals surface area contributed by atoms with Gasteiger partial charge in [-0.1, -0.05) is 30.7 Å². The molecule has 1 aromatic heterocycles. The molecule has 2 heterocycles. The van der Waals surface area contributed by atoms with Crippen LogP contribution in [0, 0.1) is 6.92 Å². The number of halogens is 1. The number of aromatic nitrogens is 1. The predicted octanol–water partition coefficient (Wildman–Crippen LogP) is 5.42. The molecule has 0 bridgehead atoms. The van der Waals surface area contributed by atoms with Crippen molar-refractivity contribution in [2.45, 2.75) is 65.2 Å². The second-order valence-corrected chi connectivity index (χ2v) is 9.35. The summed E-state index contributed by atoms with van der Waals surface area (Å²) in [6.45, 7) is 12.2. The molecule has 5 nitrogen and oxygen atoms in total. The van der Waals surface area contributed by atoms with Gasteiger partial charge in [0, 0.05) is 29.2 Å². The molecule has 0 saturated carbocycles. The van der Waals surface area contributed by atoms with E-state index in [-0.39, 0.29) is 17.9 Å². The van der Waals surface area contributed by atoms with Gasteiger partial charge < -0.3 is 14.7 Å². The van der Waals surface area contributed by atoms with Gasteiger partial charge in [-0.2, -0.15) is 0 Å². The number of nitrogens with zero attached hydrogens (tertiary/aromatic N) is 2. The zero-order valence-electron chi connectivity index (χ0n) is 18.1. The summed E-state index contributed by atoms with van der Waals surface area (Å²) in [5, 5.41) is 10.2. The van der Waals surface area contributed by atoms with Crippen molar-refractivity contribution in [3.05, 3.63) is 46.1 Å². The van der Waals surface area contributed by atoms with Crippen molar-refractivity contribution in [1.29, 1.82) is 0 Å². The Morgan fingerprint density at radius 1 is 1.31 bits per heavy atom. The first-order valence-corrected chi connectivity index (χ1v) is 10.2. The van der Waals surface area contributed by atoms with E-state index in [1.165, 1.54) is 0 Å². The molecular weight excluding hydrogens is 388 g/mol. The highest BCUT2D eigenvalue weighted by Crippen LogP contribution is 2.52. The van der Waals surface area contributed by atoms with E-state index in [1.54, 1.807) is 0 Å². The molecule has 0 saturated heterocycles. The molecule has 1 aliphatic heterocycles. The lowest BCUT2D eigenvalue weighted by Crippen LogP contribution is -2.50. The largest absolute Gasteiger partial charge is 0.481 e. The second kappa shape index (κ2) is 7.29. The molecule has 3 rings (SSSR count). The van der Waals surface area contributed by atoms with Crippen LogP contribution < -0.4 is 4.90 Å². The third kappa shape index (κ3) is 3.86. The van der Waals surface area contributed by atoms with Crippen molar-refractivity contribution in [2.75, 3.05) is 11.9 Å². The second-order valence-electron chi connectivity index (χ2n) is 8.92. The lowest BCUT2D eigenvalue weighted by Gasteiger charge is -2.42. The van der Waals surface area contributed by atoms with E-state index in [9.17, 15) is 9.90 Å². The van der Waals surface area contributed by atoms with E-state index in [0.717, 1.165) is 33.8 Å². The normalized spacial score (nSPS) is 21.4.